The summed E-state index contributed by atoms with van der Waals surface area (Å²) < 4.78 is 0. The molecule has 3 nitrogen and oxygen atoms in total. The lowest BCUT2D eigenvalue weighted by atomic mass is 10.2. The number of nitrogens with zero attached hydrogens (tertiary/aromatic N) is 1. The SMILES string of the molecule is C[C@@H](CO)C(=O)N(C)C. The minimum Gasteiger partial charge on any atom is -0.396 e. The largest absolute Gasteiger partial charge is 0.396 e. The summed E-state index contributed by atoms with van der Waals surface area (Å²) in [5, 5.41) is 8.51. The fourth-order valence-corrected chi connectivity index (χ4v) is 0.519. The number of aliphatic hydroxyl groups is 1. The number of carbonyl (C=O) groups is 1. The molecule has 0 aliphatic heterocycles. The molecule has 0 aliphatic rings. The van der Waals surface area contributed by atoms with Gasteiger partial charge in [-0.3, -0.25) is 4.79 Å². The quantitative estimate of drug-likeness (QED) is 0.559. The first-order valence-electron chi connectivity index (χ1n) is 2.91. The average molecular weight is 131 g/mol. The summed E-state index contributed by atoms with van der Waals surface area (Å²) in [4.78, 5) is 12.3. The molecule has 0 rings (SSSR count). The molecule has 1 atom stereocenters. The molecular formula is C6H13NO2. The van der Waals surface area contributed by atoms with Gasteiger partial charge >= 0.3 is 0 Å². The van der Waals surface area contributed by atoms with Crippen LogP contribution < -0.4 is 0 Å². The molecule has 0 saturated heterocycles. The van der Waals surface area contributed by atoms with Crippen LogP contribution in [0.4, 0.5) is 0 Å². The minimum atomic E-state index is -0.264. The van der Waals surface area contributed by atoms with Gasteiger partial charge in [0.25, 0.3) is 0 Å². The summed E-state index contributed by atoms with van der Waals surface area (Å²) in [6.45, 7) is 1.62. The minimum absolute atomic E-state index is 0.0301. The van der Waals surface area contributed by atoms with Crippen molar-refractivity contribution in [1.29, 1.82) is 0 Å². The number of aliphatic hydroxyl groups excluding tert-OH is 1. The second-order valence-electron chi connectivity index (χ2n) is 2.32. The summed E-state index contributed by atoms with van der Waals surface area (Å²) >= 11 is 0. The molecule has 0 spiro atoms. The first kappa shape index (κ1) is 8.43. The number of carbonyl (C=O) groups excluding carboxylic acids is 1. The molecule has 0 aromatic carbocycles. The van der Waals surface area contributed by atoms with Crippen molar-refractivity contribution in [3.8, 4) is 0 Å². The molecule has 0 aromatic heterocycles. The highest BCUT2D eigenvalue weighted by molar-refractivity contribution is 5.77. The molecule has 0 unspecified atom stereocenters. The smallest absolute Gasteiger partial charge is 0.227 e. The van der Waals surface area contributed by atoms with Crippen molar-refractivity contribution in [3.63, 3.8) is 0 Å². The van der Waals surface area contributed by atoms with Crippen molar-refractivity contribution in [3.05, 3.63) is 0 Å². The Morgan fingerprint density at radius 2 is 2.11 bits per heavy atom. The first-order chi connectivity index (χ1) is 4.09. The predicted octanol–water partition coefficient (Wildman–Crippen LogP) is -0.297. The molecular weight excluding hydrogens is 118 g/mol. The third-order valence-corrected chi connectivity index (χ3v) is 1.14. The molecule has 9 heavy (non-hydrogen) atoms. The van der Waals surface area contributed by atoms with Crippen LogP contribution in [-0.2, 0) is 4.79 Å². The summed E-state index contributed by atoms with van der Waals surface area (Å²) in [7, 11) is 3.35. The summed E-state index contributed by atoms with van der Waals surface area (Å²) in [6.07, 6.45) is 0. The molecule has 0 heterocycles. The van der Waals surface area contributed by atoms with E-state index in [1.165, 1.54) is 4.90 Å². The van der Waals surface area contributed by atoms with Crippen LogP contribution in [0.2, 0.25) is 0 Å². The van der Waals surface area contributed by atoms with Gasteiger partial charge in [-0.05, 0) is 0 Å². The fraction of sp³-hybridized carbons (Fsp3) is 0.833. The highest BCUT2D eigenvalue weighted by atomic mass is 16.3. The van der Waals surface area contributed by atoms with Crippen LogP contribution in [0.5, 0.6) is 0 Å². The maximum atomic E-state index is 10.8. The number of hydrogen-bond donors (Lipinski definition) is 1. The standard InChI is InChI=1S/C6H13NO2/c1-5(4-8)6(9)7(2)3/h5,8H,4H2,1-3H3/t5-/m0/s1. The van der Waals surface area contributed by atoms with Gasteiger partial charge in [0.15, 0.2) is 0 Å². The van der Waals surface area contributed by atoms with Crippen LogP contribution in [0.3, 0.4) is 0 Å². The second-order valence-corrected chi connectivity index (χ2v) is 2.32. The van der Waals surface area contributed by atoms with Gasteiger partial charge in [-0.15, -0.1) is 0 Å². The average Bonchev–Trinajstić information content (AvgIpc) is 1.84. The molecule has 1 amide bonds. The maximum absolute atomic E-state index is 10.8. The van der Waals surface area contributed by atoms with Crippen molar-refractivity contribution in [2.24, 2.45) is 5.92 Å². The van der Waals surface area contributed by atoms with E-state index < -0.39 is 0 Å². The highest BCUT2D eigenvalue weighted by Gasteiger charge is 2.12. The van der Waals surface area contributed by atoms with E-state index in [9.17, 15) is 4.79 Å². The Labute approximate surface area is 55.3 Å². The van der Waals surface area contributed by atoms with Crippen LogP contribution in [-0.4, -0.2) is 36.6 Å². The van der Waals surface area contributed by atoms with Crippen molar-refractivity contribution in [2.75, 3.05) is 20.7 Å². The van der Waals surface area contributed by atoms with Gasteiger partial charge < -0.3 is 10.0 Å². The molecule has 0 saturated carbocycles. The van der Waals surface area contributed by atoms with Crippen molar-refractivity contribution in [2.45, 2.75) is 6.92 Å². The summed E-state index contributed by atoms with van der Waals surface area (Å²) in [5.41, 5.74) is 0. The summed E-state index contributed by atoms with van der Waals surface area (Å²) in [5.74, 6) is -0.294. The Bertz CT molecular complexity index is 101. The lowest BCUT2D eigenvalue weighted by molar-refractivity contribution is -0.133. The van der Waals surface area contributed by atoms with Gasteiger partial charge in [0.2, 0.25) is 5.91 Å². The molecule has 0 radical (unpaired) electrons. The van der Waals surface area contributed by atoms with E-state index in [0.29, 0.717) is 0 Å². The zero-order valence-corrected chi connectivity index (χ0v) is 6.09. The Hall–Kier alpha value is -0.570. The first-order valence-corrected chi connectivity index (χ1v) is 2.91. The lowest BCUT2D eigenvalue weighted by Crippen LogP contribution is -2.29. The molecule has 0 fully saturated rings. The molecule has 3 heteroatoms. The monoisotopic (exact) mass is 131 g/mol. The number of rotatable bonds is 2. The molecule has 54 valence electrons. The normalized spacial score (nSPS) is 12.9. The van der Waals surface area contributed by atoms with E-state index in [-0.39, 0.29) is 18.4 Å². The van der Waals surface area contributed by atoms with Gasteiger partial charge in [-0.1, -0.05) is 6.92 Å². The maximum Gasteiger partial charge on any atom is 0.227 e. The fourth-order valence-electron chi connectivity index (χ4n) is 0.519. The Morgan fingerprint density at radius 1 is 1.67 bits per heavy atom. The Balaban J connectivity index is 3.73. The van der Waals surface area contributed by atoms with E-state index in [4.69, 9.17) is 5.11 Å². The highest BCUT2D eigenvalue weighted by Crippen LogP contribution is 1.95. The van der Waals surface area contributed by atoms with Crippen LogP contribution in [0.25, 0.3) is 0 Å². The Morgan fingerprint density at radius 3 is 2.22 bits per heavy atom. The van der Waals surface area contributed by atoms with Gasteiger partial charge in [-0.2, -0.15) is 0 Å². The van der Waals surface area contributed by atoms with E-state index in [2.05, 4.69) is 0 Å². The van der Waals surface area contributed by atoms with E-state index in [1.54, 1.807) is 21.0 Å². The third kappa shape index (κ3) is 2.46. The van der Waals surface area contributed by atoms with Crippen molar-refractivity contribution >= 4 is 5.91 Å². The van der Waals surface area contributed by atoms with Crippen molar-refractivity contribution < 1.29 is 9.90 Å². The van der Waals surface area contributed by atoms with E-state index in [1.807, 2.05) is 0 Å². The van der Waals surface area contributed by atoms with E-state index >= 15 is 0 Å². The van der Waals surface area contributed by atoms with Crippen molar-refractivity contribution in [1.82, 2.24) is 4.90 Å². The van der Waals surface area contributed by atoms with Crippen LogP contribution in [0, 0.1) is 5.92 Å². The van der Waals surface area contributed by atoms with E-state index in [0.717, 1.165) is 0 Å². The molecule has 1 N–H and O–H groups in total. The zero-order chi connectivity index (χ0) is 7.44. The lowest BCUT2D eigenvalue weighted by Gasteiger charge is -2.13. The summed E-state index contributed by atoms with van der Waals surface area (Å²) in [6, 6.07) is 0. The van der Waals surface area contributed by atoms with Crippen LogP contribution in [0.15, 0.2) is 0 Å². The van der Waals surface area contributed by atoms with Crippen LogP contribution >= 0.6 is 0 Å². The second kappa shape index (κ2) is 3.45. The van der Waals surface area contributed by atoms with Gasteiger partial charge in [0.05, 0.1) is 12.5 Å². The van der Waals surface area contributed by atoms with Crippen LogP contribution in [0.1, 0.15) is 6.92 Å². The molecule has 0 aromatic rings. The third-order valence-electron chi connectivity index (χ3n) is 1.14. The zero-order valence-electron chi connectivity index (χ0n) is 6.09. The van der Waals surface area contributed by atoms with Gasteiger partial charge in [0.1, 0.15) is 0 Å². The van der Waals surface area contributed by atoms with Gasteiger partial charge in [0, 0.05) is 14.1 Å². The topological polar surface area (TPSA) is 40.5 Å². The molecule has 0 bridgehead atoms. The predicted molar refractivity (Wildman–Crippen MR) is 34.9 cm³/mol. The molecule has 0 aliphatic carbocycles. The van der Waals surface area contributed by atoms with Gasteiger partial charge in [-0.25, -0.2) is 0 Å². The number of amides is 1. The Kier molecular flexibility index (Phi) is 3.24. The number of hydrogen-bond acceptors (Lipinski definition) is 2.